The Balaban J connectivity index is 1.66. The molecular formula is C21H19ClN2O2S. The molecule has 0 radical (unpaired) electrons. The zero-order chi connectivity index (χ0) is 19.2. The highest BCUT2D eigenvalue weighted by Gasteiger charge is 2.11. The van der Waals surface area contributed by atoms with Gasteiger partial charge in [0.1, 0.15) is 5.75 Å². The minimum atomic E-state index is -0.227. The zero-order valence-electron chi connectivity index (χ0n) is 15.0. The highest BCUT2D eigenvalue weighted by Crippen LogP contribution is 2.31. The minimum Gasteiger partial charge on any atom is -0.494 e. The number of aromatic nitrogens is 1. The molecule has 3 aromatic rings. The second-order valence-electron chi connectivity index (χ2n) is 5.76. The van der Waals surface area contributed by atoms with Crippen LogP contribution >= 0.6 is 22.9 Å². The van der Waals surface area contributed by atoms with Gasteiger partial charge >= 0.3 is 0 Å². The van der Waals surface area contributed by atoms with Crippen LogP contribution in [0.3, 0.4) is 0 Å². The molecule has 27 heavy (non-hydrogen) atoms. The summed E-state index contributed by atoms with van der Waals surface area (Å²) in [5, 5.41) is 4.03. The number of amides is 1. The Morgan fingerprint density at radius 1 is 1.26 bits per heavy atom. The summed E-state index contributed by atoms with van der Waals surface area (Å²) in [6.45, 7) is 4.54. The lowest BCUT2D eigenvalue weighted by atomic mass is 10.1. The van der Waals surface area contributed by atoms with Crippen molar-refractivity contribution in [3.05, 3.63) is 70.1 Å². The molecule has 0 aliphatic rings. The first kappa shape index (κ1) is 19.1. The van der Waals surface area contributed by atoms with Crippen molar-refractivity contribution in [1.29, 1.82) is 0 Å². The summed E-state index contributed by atoms with van der Waals surface area (Å²) < 4.78 is 5.40. The number of aryl methyl sites for hydroxylation is 1. The fourth-order valence-corrected chi connectivity index (χ4v) is 3.54. The van der Waals surface area contributed by atoms with Crippen molar-refractivity contribution in [2.24, 2.45) is 0 Å². The third kappa shape index (κ3) is 5.18. The Kier molecular flexibility index (Phi) is 6.27. The molecule has 1 N–H and O–H groups in total. The number of halogens is 1. The van der Waals surface area contributed by atoms with Crippen molar-refractivity contribution in [3.8, 4) is 17.0 Å². The van der Waals surface area contributed by atoms with E-state index in [1.165, 1.54) is 17.4 Å². The number of benzene rings is 2. The van der Waals surface area contributed by atoms with Crippen molar-refractivity contribution in [2.75, 3.05) is 11.9 Å². The highest BCUT2D eigenvalue weighted by atomic mass is 35.5. The maximum atomic E-state index is 12.2. The summed E-state index contributed by atoms with van der Waals surface area (Å²) in [4.78, 5) is 17.7. The molecule has 0 aliphatic heterocycles. The molecular weight excluding hydrogens is 380 g/mol. The summed E-state index contributed by atoms with van der Waals surface area (Å²) in [5.74, 6) is 0.584. The van der Waals surface area contributed by atoms with Gasteiger partial charge in [0.05, 0.1) is 12.3 Å². The Morgan fingerprint density at radius 2 is 2.04 bits per heavy atom. The van der Waals surface area contributed by atoms with Crippen LogP contribution in [0.1, 0.15) is 17.4 Å². The SMILES string of the molecule is CCOc1ccc(C=CC(=O)Nc2nc(-c3cccc(Cl)c3)c(C)s2)cc1. The molecule has 4 nitrogen and oxygen atoms in total. The van der Waals surface area contributed by atoms with Crippen LogP contribution in [0.2, 0.25) is 5.02 Å². The molecule has 0 saturated carbocycles. The molecule has 0 atom stereocenters. The van der Waals surface area contributed by atoms with Crippen molar-refractivity contribution in [3.63, 3.8) is 0 Å². The number of rotatable bonds is 6. The monoisotopic (exact) mass is 398 g/mol. The largest absolute Gasteiger partial charge is 0.494 e. The van der Waals surface area contributed by atoms with Crippen LogP contribution in [0.4, 0.5) is 5.13 Å². The number of hydrogen-bond donors (Lipinski definition) is 1. The number of ether oxygens (including phenoxy) is 1. The predicted octanol–water partition coefficient (Wildman–Crippen LogP) is 5.82. The molecule has 138 valence electrons. The van der Waals surface area contributed by atoms with Gasteiger partial charge in [-0.2, -0.15) is 0 Å². The number of nitrogens with zero attached hydrogens (tertiary/aromatic N) is 1. The van der Waals surface area contributed by atoms with E-state index in [2.05, 4.69) is 10.3 Å². The van der Waals surface area contributed by atoms with E-state index in [1.54, 1.807) is 6.08 Å². The van der Waals surface area contributed by atoms with E-state index in [0.717, 1.165) is 27.4 Å². The van der Waals surface area contributed by atoms with Crippen molar-refractivity contribution < 1.29 is 9.53 Å². The normalized spacial score (nSPS) is 10.9. The summed E-state index contributed by atoms with van der Waals surface area (Å²) >= 11 is 7.49. The fraction of sp³-hybridized carbons (Fsp3) is 0.143. The lowest BCUT2D eigenvalue weighted by Crippen LogP contribution is -2.07. The topological polar surface area (TPSA) is 51.2 Å². The van der Waals surface area contributed by atoms with Gasteiger partial charge in [-0.1, -0.05) is 35.9 Å². The van der Waals surface area contributed by atoms with Crippen LogP contribution < -0.4 is 10.1 Å². The minimum absolute atomic E-state index is 0.227. The Labute approximate surface area is 167 Å². The van der Waals surface area contributed by atoms with Gasteiger partial charge in [-0.05, 0) is 49.8 Å². The van der Waals surface area contributed by atoms with Gasteiger partial charge in [-0.15, -0.1) is 11.3 Å². The summed E-state index contributed by atoms with van der Waals surface area (Å²) in [6, 6.07) is 15.1. The maximum absolute atomic E-state index is 12.2. The molecule has 1 heterocycles. The number of carbonyl (C=O) groups excluding carboxylic acids is 1. The average Bonchev–Trinajstić information content (AvgIpc) is 3.01. The fourth-order valence-electron chi connectivity index (χ4n) is 2.51. The third-order valence-corrected chi connectivity index (χ3v) is 4.86. The molecule has 0 fully saturated rings. The van der Waals surface area contributed by atoms with E-state index in [9.17, 15) is 4.79 Å². The van der Waals surface area contributed by atoms with E-state index in [-0.39, 0.29) is 5.91 Å². The van der Waals surface area contributed by atoms with E-state index in [0.29, 0.717) is 16.8 Å². The molecule has 0 saturated heterocycles. The number of anilines is 1. The number of carbonyl (C=O) groups is 1. The summed E-state index contributed by atoms with van der Waals surface area (Å²) in [5.41, 5.74) is 2.68. The van der Waals surface area contributed by atoms with Gasteiger partial charge in [0.15, 0.2) is 5.13 Å². The summed E-state index contributed by atoms with van der Waals surface area (Å²) in [7, 11) is 0. The van der Waals surface area contributed by atoms with Crippen molar-refractivity contribution in [2.45, 2.75) is 13.8 Å². The van der Waals surface area contributed by atoms with E-state index in [4.69, 9.17) is 16.3 Å². The van der Waals surface area contributed by atoms with Crippen LogP contribution in [0, 0.1) is 6.92 Å². The van der Waals surface area contributed by atoms with Gasteiger partial charge in [-0.25, -0.2) is 4.98 Å². The van der Waals surface area contributed by atoms with Crippen molar-refractivity contribution in [1.82, 2.24) is 4.98 Å². The average molecular weight is 399 g/mol. The van der Waals surface area contributed by atoms with Crippen LogP contribution in [0.5, 0.6) is 5.75 Å². The number of thiazole rings is 1. The van der Waals surface area contributed by atoms with Gasteiger partial charge in [0, 0.05) is 21.5 Å². The second-order valence-corrected chi connectivity index (χ2v) is 7.40. The number of nitrogens with one attached hydrogen (secondary N) is 1. The first-order valence-electron chi connectivity index (χ1n) is 8.50. The molecule has 2 aromatic carbocycles. The quantitative estimate of drug-likeness (QED) is 0.532. The van der Waals surface area contributed by atoms with Crippen LogP contribution in [-0.2, 0) is 4.79 Å². The Morgan fingerprint density at radius 3 is 2.74 bits per heavy atom. The lowest BCUT2D eigenvalue weighted by Gasteiger charge is -2.02. The zero-order valence-corrected chi connectivity index (χ0v) is 16.6. The van der Waals surface area contributed by atoms with Crippen molar-refractivity contribution >= 4 is 40.1 Å². The number of hydrogen-bond acceptors (Lipinski definition) is 4. The first-order chi connectivity index (χ1) is 13.0. The van der Waals surface area contributed by atoms with Gasteiger partial charge in [0.2, 0.25) is 5.91 Å². The second kappa shape index (κ2) is 8.84. The van der Waals surface area contributed by atoms with Gasteiger partial charge in [0.25, 0.3) is 0 Å². The predicted molar refractivity (Wildman–Crippen MR) is 113 cm³/mol. The van der Waals surface area contributed by atoms with E-state index in [1.807, 2.05) is 62.4 Å². The highest BCUT2D eigenvalue weighted by molar-refractivity contribution is 7.16. The molecule has 0 unspecified atom stereocenters. The smallest absolute Gasteiger partial charge is 0.250 e. The van der Waals surface area contributed by atoms with Gasteiger partial charge in [-0.3, -0.25) is 10.1 Å². The molecule has 0 spiro atoms. The third-order valence-electron chi connectivity index (χ3n) is 3.74. The summed E-state index contributed by atoms with van der Waals surface area (Å²) in [6.07, 6.45) is 3.24. The van der Waals surface area contributed by atoms with Crippen LogP contribution in [0.25, 0.3) is 17.3 Å². The molecule has 1 aromatic heterocycles. The lowest BCUT2D eigenvalue weighted by molar-refractivity contribution is -0.111. The maximum Gasteiger partial charge on any atom is 0.250 e. The first-order valence-corrected chi connectivity index (χ1v) is 9.70. The molecule has 0 aliphatic carbocycles. The van der Waals surface area contributed by atoms with Gasteiger partial charge < -0.3 is 4.74 Å². The molecule has 0 bridgehead atoms. The molecule has 6 heteroatoms. The Bertz CT molecular complexity index is 965. The standard InChI is InChI=1S/C21H19ClN2O2S/c1-3-26-18-10-7-15(8-11-18)9-12-19(25)23-21-24-20(14(2)27-21)16-5-4-6-17(22)13-16/h4-13H,3H2,1-2H3,(H,23,24,25). The van der Waals surface area contributed by atoms with Crippen LogP contribution in [-0.4, -0.2) is 17.5 Å². The Hall–Kier alpha value is -2.63. The van der Waals surface area contributed by atoms with E-state index >= 15 is 0 Å². The molecule has 1 amide bonds. The van der Waals surface area contributed by atoms with Crippen LogP contribution in [0.15, 0.2) is 54.6 Å². The van der Waals surface area contributed by atoms with E-state index < -0.39 is 0 Å². The molecule has 3 rings (SSSR count).